The molecule has 178 valence electrons. The fourth-order valence-corrected chi connectivity index (χ4v) is 4.17. The minimum atomic E-state index is -0.278. The van der Waals surface area contributed by atoms with Crippen molar-refractivity contribution in [3.05, 3.63) is 24.3 Å². The third kappa shape index (κ3) is 17.9. The maximum Gasteiger partial charge on any atom is 0.330 e. The molecule has 0 N–H and O–H groups in total. The Balaban J connectivity index is 1.78. The molecular formula is C28H48O3. The summed E-state index contributed by atoms with van der Waals surface area (Å²) >= 11 is 0. The molecule has 0 aromatic rings. The zero-order valence-electron chi connectivity index (χ0n) is 20.3. The Morgan fingerprint density at radius 1 is 0.839 bits per heavy atom. The van der Waals surface area contributed by atoms with Gasteiger partial charge in [0.05, 0.1) is 0 Å². The lowest BCUT2D eigenvalue weighted by Gasteiger charge is -2.16. The Hall–Kier alpha value is -1.38. The molecule has 0 bridgehead atoms. The molecule has 0 amide bonds. The summed E-state index contributed by atoms with van der Waals surface area (Å²) in [6, 6.07) is 0. The SMILES string of the molecule is CCCCCCCCCCCCCCCCCCCC(=O)/C=C/C[C@H]1CC=CC(=O)O1. The lowest BCUT2D eigenvalue weighted by Crippen LogP contribution is -2.18. The van der Waals surface area contributed by atoms with Gasteiger partial charge in [0.2, 0.25) is 0 Å². The van der Waals surface area contributed by atoms with Crippen LogP contribution in [0.25, 0.3) is 0 Å². The highest BCUT2D eigenvalue weighted by atomic mass is 16.5. The van der Waals surface area contributed by atoms with Crippen molar-refractivity contribution >= 4 is 11.8 Å². The third-order valence-electron chi connectivity index (χ3n) is 6.17. The van der Waals surface area contributed by atoms with Crippen LogP contribution in [0, 0.1) is 0 Å². The molecule has 0 saturated heterocycles. The summed E-state index contributed by atoms with van der Waals surface area (Å²) in [5, 5.41) is 0. The Morgan fingerprint density at radius 2 is 1.32 bits per heavy atom. The molecule has 1 aliphatic heterocycles. The van der Waals surface area contributed by atoms with E-state index in [0.29, 0.717) is 12.8 Å². The predicted octanol–water partition coefficient (Wildman–Crippen LogP) is 8.42. The summed E-state index contributed by atoms with van der Waals surface area (Å²) in [4.78, 5) is 23.1. The molecular weight excluding hydrogens is 384 g/mol. The number of ketones is 1. The molecule has 0 saturated carbocycles. The number of cyclic esters (lactones) is 1. The summed E-state index contributed by atoms with van der Waals surface area (Å²) < 4.78 is 5.18. The number of esters is 1. The molecule has 0 radical (unpaired) electrons. The first-order valence-electron chi connectivity index (χ1n) is 13.3. The van der Waals surface area contributed by atoms with Gasteiger partial charge >= 0.3 is 5.97 Å². The standard InChI is InChI=1S/C28H48O3/c1-2-3-4-5-6-7-8-9-10-11-12-13-14-15-16-17-18-21-26(29)22-19-23-27-24-20-25-28(30)31-27/h19-20,22,25,27H,2-18,21,23-24H2,1H3/b22-19+/t27-/m0/s1. The van der Waals surface area contributed by atoms with Crippen LogP contribution in [0.1, 0.15) is 135 Å². The Morgan fingerprint density at radius 3 is 1.81 bits per heavy atom. The molecule has 0 fully saturated rings. The number of unbranched alkanes of at least 4 members (excludes halogenated alkanes) is 16. The van der Waals surface area contributed by atoms with Crippen LogP contribution in [-0.2, 0) is 14.3 Å². The first-order valence-corrected chi connectivity index (χ1v) is 13.3. The summed E-state index contributed by atoms with van der Waals surface area (Å²) in [6.07, 6.45) is 31.7. The lowest BCUT2D eigenvalue weighted by atomic mass is 10.0. The van der Waals surface area contributed by atoms with Crippen molar-refractivity contribution in [2.45, 2.75) is 141 Å². The van der Waals surface area contributed by atoms with E-state index >= 15 is 0 Å². The van der Waals surface area contributed by atoms with Crippen LogP contribution in [0.15, 0.2) is 24.3 Å². The minimum absolute atomic E-state index is 0.109. The molecule has 0 aromatic carbocycles. The molecule has 0 spiro atoms. The second-order valence-corrected chi connectivity index (χ2v) is 9.21. The van der Waals surface area contributed by atoms with E-state index in [0.717, 1.165) is 19.3 Å². The summed E-state index contributed by atoms with van der Waals surface area (Å²) in [5.74, 6) is -0.0851. The smallest absolute Gasteiger partial charge is 0.330 e. The van der Waals surface area contributed by atoms with Gasteiger partial charge in [0.25, 0.3) is 0 Å². The summed E-state index contributed by atoms with van der Waals surface area (Å²) in [6.45, 7) is 2.28. The van der Waals surface area contributed by atoms with E-state index in [1.165, 1.54) is 102 Å². The van der Waals surface area contributed by atoms with Crippen molar-refractivity contribution in [2.24, 2.45) is 0 Å². The van der Waals surface area contributed by atoms with Crippen molar-refractivity contribution in [3.63, 3.8) is 0 Å². The van der Waals surface area contributed by atoms with Gasteiger partial charge in [-0.05, 0) is 12.5 Å². The molecule has 1 heterocycles. The van der Waals surface area contributed by atoms with Gasteiger partial charge in [-0.15, -0.1) is 0 Å². The second-order valence-electron chi connectivity index (χ2n) is 9.21. The number of hydrogen-bond donors (Lipinski definition) is 0. The molecule has 31 heavy (non-hydrogen) atoms. The number of hydrogen-bond acceptors (Lipinski definition) is 3. The first-order chi connectivity index (χ1) is 15.2. The topological polar surface area (TPSA) is 43.4 Å². The highest BCUT2D eigenvalue weighted by Gasteiger charge is 2.14. The van der Waals surface area contributed by atoms with Gasteiger partial charge in [-0.25, -0.2) is 4.79 Å². The maximum atomic E-state index is 11.9. The molecule has 0 aromatic heterocycles. The number of ether oxygens (including phenoxy) is 1. The van der Waals surface area contributed by atoms with Gasteiger partial charge in [0.1, 0.15) is 6.10 Å². The molecule has 0 unspecified atom stereocenters. The predicted molar refractivity (Wildman–Crippen MR) is 131 cm³/mol. The number of rotatable bonds is 21. The van der Waals surface area contributed by atoms with Crippen molar-refractivity contribution in [2.75, 3.05) is 0 Å². The molecule has 1 rings (SSSR count). The van der Waals surface area contributed by atoms with E-state index in [1.54, 1.807) is 6.08 Å². The van der Waals surface area contributed by atoms with E-state index < -0.39 is 0 Å². The van der Waals surface area contributed by atoms with E-state index in [2.05, 4.69) is 6.92 Å². The van der Waals surface area contributed by atoms with Crippen LogP contribution < -0.4 is 0 Å². The van der Waals surface area contributed by atoms with Crippen molar-refractivity contribution in [1.29, 1.82) is 0 Å². The van der Waals surface area contributed by atoms with Crippen LogP contribution in [0.3, 0.4) is 0 Å². The van der Waals surface area contributed by atoms with Crippen LogP contribution in [0.2, 0.25) is 0 Å². The van der Waals surface area contributed by atoms with Crippen LogP contribution in [-0.4, -0.2) is 17.9 Å². The van der Waals surface area contributed by atoms with Crippen LogP contribution in [0.4, 0.5) is 0 Å². The molecule has 0 aliphatic carbocycles. The first kappa shape index (κ1) is 27.7. The van der Waals surface area contributed by atoms with E-state index in [9.17, 15) is 9.59 Å². The van der Waals surface area contributed by atoms with Gasteiger partial charge in [-0.2, -0.15) is 0 Å². The monoisotopic (exact) mass is 432 g/mol. The second kappa shape index (κ2) is 20.5. The van der Waals surface area contributed by atoms with Gasteiger partial charge in [0, 0.05) is 25.3 Å². The zero-order valence-corrected chi connectivity index (χ0v) is 20.3. The van der Waals surface area contributed by atoms with Gasteiger partial charge in [-0.3, -0.25) is 4.79 Å². The molecule has 3 nitrogen and oxygen atoms in total. The fraction of sp³-hybridized carbons (Fsp3) is 0.786. The maximum absolute atomic E-state index is 11.9. The molecule has 1 atom stereocenters. The number of carbonyl (C=O) groups is 2. The summed E-state index contributed by atoms with van der Waals surface area (Å²) in [5.41, 5.74) is 0. The largest absolute Gasteiger partial charge is 0.459 e. The Kier molecular flexibility index (Phi) is 18.3. The van der Waals surface area contributed by atoms with E-state index in [-0.39, 0.29) is 17.9 Å². The number of allylic oxidation sites excluding steroid dienone is 1. The molecule has 1 aliphatic rings. The van der Waals surface area contributed by atoms with Gasteiger partial charge in [0.15, 0.2) is 5.78 Å². The molecule has 3 heteroatoms. The van der Waals surface area contributed by atoms with E-state index in [1.807, 2.05) is 12.2 Å². The normalized spacial score (nSPS) is 16.2. The van der Waals surface area contributed by atoms with Gasteiger partial charge in [-0.1, -0.05) is 122 Å². The van der Waals surface area contributed by atoms with Crippen LogP contribution in [0.5, 0.6) is 0 Å². The lowest BCUT2D eigenvalue weighted by molar-refractivity contribution is -0.143. The van der Waals surface area contributed by atoms with Gasteiger partial charge < -0.3 is 4.74 Å². The quantitative estimate of drug-likeness (QED) is 0.104. The average Bonchev–Trinajstić information content (AvgIpc) is 2.76. The zero-order chi connectivity index (χ0) is 22.4. The van der Waals surface area contributed by atoms with Crippen molar-refractivity contribution in [3.8, 4) is 0 Å². The van der Waals surface area contributed by atoms with Crippen molar-refractivity contribution in [1.82, 2.24) is 0 Å². The van der Waals surface area contributed by atoms with Crippen LogP contribution >= 0.6 is 0 Å². The third-order valence-corrected chi connectivity index (χ3v) is 6.17. The highest BCUT2D eigenvalue weighted by molar-refractivity contribution is 5.89. The highest BCUT2D eigenvalue weighted by Crippen LogP contribution is 2.15. The average molecular weight is 433 g/mol. The Bertz CT molecular complexity index is 506. The fourth-order valence-electron chi connectivity index (χ4n) is 4.17. The Labute approximate surface area is 192 Å². The minimum Gasteiger partial charge on any atom is -0.459 e. The van der Waals surface area contributed by atoms with Crippen molar-refractivity contribution < 1.29 is 14.3 Å². The van der Waals surface area contributed by atoms with E-state index in [4.69, 9.17) is 4.74 Å². The number of carbonyl (C=O) groups excluding carboxylic acids is 2. The summed E-state index contributed by atoms with van der Waals surface area (Å²) in [7, 11) is 0.